The maximum absolute atomic E-state index is 13.0. The average Bonchev–Trinajstić information content (AvgIpc) is 3.29. The fraction of sp³-hybridized carbons (Fsp3) is 0.316. The van der Waals surface area contributed by atoms with E-state index >= 15 is 0 Å². The lowest BCUT2D eigenvalue weighted by Crippen LogP contribution is -2.44. The van der Waals surface area contributed by atoms with Crippen molar-refractivity contribution in [2.45, 2.75) is 25.4 Å². The first-order chi connectivity index (χ1) is 13.0. The molecule has 3 rings (SSSR count). The van der Waals surface area contributed by atoms with E-state index in [9.17, 15) is 14.4 Å². The molecule has 1 atom stereocenters. The largest absolute Gasteiger partial charge is 0.497 e. The molecule has 142 valence electrons. The average molecular weight is 387 g/mol. The Labute approximate surface area is 161 Å². The van der Waals surface area contributed by atoms with Gasteiger partial charge < -0.3 is 15.4 Å². The highest BCUT2D eigenvalue weighted by atomic mass is 32.1. The first-order valence-electron chi connectivity index (χ1n) is 8.58. The summed E-state index contributed by atoms with van der Waals surface area (Å²) < 4.78 is 5.14. The Morgan fingerprint density at radius 2 is 2.00 bits per heavy atom. The summed E-state index contributed by atoms with van der Waals surface area (Å²) in [4.78, 5) is 39.6. The minimum Gasteiger partial charge on any atom is -0.497 e. The highest BCUT2D eigenvalue weighted by Gasteiger charge is 2.51. The molecule has 27 heavy (non-hydrogen) atoms. The maximum atomic E-state index is 13.0. The third-order valence-corrected chi connectivity index (χ3v) is 5.51. The SMILES string of the molecule is CC[C@@]1(c2ccc(OC)cc2)NC(=O)N(CC(=O)NCc2cccs2)C1=O. The number of carbonyl (C=O) groups is 3. The predicted octanol–water partition coefficient (Wildman–Crippen LogP) is 2.23. The van der Waals surface area contributed by atoms with Crippen LogP contribution in [0.4, 0.5) is 4.79 Å². The van der Waals surface area contributed by atoms with E-state index in [0.29, 0.717) is 24.3 Å². The summed E-state index contributed by atoms with van der Waals surface area (Å²) in [5.41, 5.74) is -0.511. The Morgan fingerprint density at radius 3 is 2.59 bits per heavy atom. The minimum absolute atomic E-state index is 0.312. The normalized spacial score (nSPS) is 19.1. The van der Waals surface area contributed by atoms with Crippen molar-refractivity contribution < 1.29 is 19.1 Å². The van der Waals surface area contributed by atoms with Crippen molar-refractivity contribution in [2.24, 2.45) is 0 Å². The molecule has 0 radical (unpaired) electrons. The Hall–Kier alpha value is -2.87. The van der Waals surface area contributed by atoms with Crippen LogP contribution in [0.25, 0.3) is 0 Å². The van der Waals surface area contributed by atoms with E-state index < -0.39 is 17.5 Å². The van der Waals surface area contributed by atoms with Crippen molar-refractivity contribution in [3.05, 3.63) is 52.2 Å². The molecule has 0 spiro atoms. The predicted molar refractivity (Wildman–Crippen MR) is 101 cm³/mol. The number of nitrogens with one attached hydrogen (secondary N) is 2. The van der Waals surface area contributed by atoms with Crippen LogP contribution in [0.15, 0.2) is 41.8 Å². The topological polar surface area (TPSA) is 87.7 Å². The van der Waals surface area contributed by atoms with Gasteiger partial charge in [0.25, 0.3) is 5.91 Å². The van der Waals surface area contributed by atoms with Crippen molar-refractivity contribution in [3.63, 3.8) is 0 Å². The van der Waals surface area contributed by atoms with Crippen LogP contribution in [0.3, 0.4) is 0 Å². The van der Waals surface area contributed by atoms with Crippen LogP contribution in [0.1, 0.15) is 23.8 Å². The van der Waals surface area contributed by atoms with Crippen LogP contribution in [0.2, 0.25) is 0 Å². The van der Waals surface area contributed by atoms with Crippen molar-refractivity contribution in [1.29, 1.82) is 0 Å². The number of methoxy groups -OCH3 is 1. The summed E-state index contributed by atoms with van der Waals surface area (Å²) in [6.45, 7) is 1.88. The van der Waals surface area contributed by atoms with Crippen LogP contribution >= 0.6 is 11.3 Å². The zero-order chi connectivity index (χ0) is 19.4. The van der Waals surface area contributed by atoms with Gasteiger partial charge in [0, 0.05) is 4.88 Å². The van der Waals surface area contributed by atoms with E-state index in [1.807, 2.05) is 24.4 Å². The number of hydrogen-bond acceptors (Lipinski definition) is 5. The number of benzene rings is 1. The number of imide groups is 1. The van der Waals surface area contributed by atoms with E-state index in [2.05, 4.69) is 10.6 Å². The van der Waals surface area contributed by atoms with Crippen molar-refractivity contribution >= 4 is 29.2 Å². The number of ether oxygens (including phenoxy) is 1. The van der Waals surface area contributed by atoms with Gasteiger partial charge in [0.05, 0.1) is 13.7 Å². The van der Waals surface area contributed by atoms with Crippen molar-refractivity contribution in [2.75, 3.05) is 13.7 Å². The Balaban J connectivity index is 1.73. The van der Waals surface area contributed by atoms with Gasteiger partial charge in [-0.1, -0.05) is 25.1 Å². The lowest BCUT2D eigenvalue weighted by atomic mass is 9.87. The van der Waals surface area contributed by atoms with Gasteiger partial charge in [-0.25, -0.2) is 4.79 Å². The summed E-state index contributed by atoms with van der Waals surface area (Å²) in [5.74, 6) is -0.147. The quantitative estimate of drug-likeness (QED) is 0.713. The van der Waals surface area contributed by atoms with Gasteiger partial charge >= 0.3 is 6.03 Å². The van der Waals surface area contributed by atoms with E-state index in [1.54, 1.807) is 31.4 Å². The van der Waals surface area contributed by atoms with Gasteiger partial charge in [-0.2, -0.15) is 0 Å². The third kappa shape index (κ3) is 3.66. The zero-order valence-corrected chi connectivity index (χ0v) is 16.0. The van der Waals surface area contributed by atoms with Gasteiger partial charge in [0.15, 0.2) is 0 Å². The summed E-state index contributed by atoms with van der Waals surface area (Å²) in [7, 11) is 1.56. The zero-order valence-electron chi connectivity index (χ0n) is 15.2. The molecular weight excluding hydrogens is 366 g/mol. The molecule has 1 fully saturated rings. The molecule has 0 aliphatic carbocycles. The van der Waals surface area contributed by atoms with Gasteiger partial charge in [-0.05, 0) is 35.6 Å². The van der Waals surface area contributed by atoms with Gasteiger partial charge in [0.2, 0.25) is 5.91 Å². The molecule has 0 unspecified atom stereocenters. The molecule has 1 aromatic heterocycles. The van der Waals surface area contributed by atoms with Crippen LogP contribution < -0.4 is 15.4 Å². The monoisotopic (exact) mass is 387 g/mol. The molecule has 2 aromatic rings. The second-order valence-electron chi connectivity index (χ2n) is 6.16. The molecule has 2 heterocycles. The summed E-state index contributed by atoms with van der Waals surface area (Å²) in [6, 6.07) is 10.2. The second kappa shape index (κ2) is 7.79. The highest BCUT2D eigenvalue weighted by Crippen LogP contribution is 2.33. The van der Waals surface area contributed by atoms with Gasteiger partial charge in [-0.15, -0.1) is 11.3 Å². The summed E-state index contributed by atoms with van der Waals surface area (Å²) >= 11 is 1.53. The van der Waals surface area contributed by atoms with E-state index in [4.69, 9.17) is 4.74 Å². The molecular formula is C19H21N3O4S. The number of nitrogens with zero attached hydrogens (tertiary/aromatic N) is 1. The number of hydrogen-bond donors (Lipinski definition) is 2. The van der Waals surface area contributed by atoms with E-state index in [1.165, 1.54) is 11.3 Å². The van der Waals surface area contributed by atoms with Crippen LogP contribution in [-0.2, 0) is 21.7 Å². The fourth-order valence-electron chi connectivity index (χ4n) is 3.08. The Bertz CT molecular complexity index is 835. The highest BCUT2D eigenvalue weighted by molar-refractivity contribution is 7.09. The van der Waals surface area contributed by atoms with Gasteiger partial charge in [0.1, 0.15) is 17.8 Å². The first kappa shape index (κ1) is 18.9. The number of urea groups is 1. The fourth-order valence-corrected chi connectivity index (χ4v) is 3.73. The van der Waals surface area contributed by atoms with Crippen molar-refractivity contribution in [3.8, 4) is 5.75 Å². The number of amides is 4. The molecule has 0 bridgehead atoms. The van der Waals surface area contributed by atoms with E-state index in [-0.39, 0.29) is 12.5 Å². The summed E-state index contributed by atoms with van der Waals surface area (Å²) in [5, 5.41) is 7.42. The number of carbonyl (C=O) groups excluding carboxylic acids is 3. The van der Waals surface area contributed by atoms with Crippen LogP contribution in [0, 0.1) is 0 Å². The maximum Gasteiger partial charge on any atom is 0.325 e. The number of rotatable bonds is 7. The number of thiophene rings is 1. The first-order valence-corrected chi connectivity index (χ1v) is 9.46. The molecule has 1 saturated heterocycles. The van der Waals surface area contributed by atoms with Crippen LogP contribution in [0.5, 0.6) is 5.75 Å². The molecule has 2 N–H and O–H groups in total. The van der Waals surface area contributed by atoms with E-state index in [0.717, 1.165) is 9.78 Å². The third-order valence-electron chi connectivity index (χ3n) is 4.63. The smallest absolute Gasteiger partial charge is 0.325 e. The Kier molecular flexibility index (Phi) is 5.46. The second-order valence-corrected chi connectivity index (χ2v) is 7.20. The molecule has 4 amide bonds. The molecule has 1 aliphatic rings. The molecule has 0 saturated carbocycles. The summed E-state index contributed by atoms with van der Waals surface area (Å²) in [6.07, 6.45) is 0.372. The van der Waals surface area contributed by atoms with Gasteiger partial charge in [-0.3, -0.25) is 14.5 Å². The molecule has 8 heteroatoms. The lowest BCUT2D eigenvalue weighted by molar-refractivity contribution is -0.135. The molecule has 7 nitrogen and oxygen atoms in total. The van der Waals surface area contributed by atoms with Crippen LogP contribution in [-0.4, -0.2) is 36.4 Å². The standard InChI is InChI=1S/C19H21N3O4S/c1-3-19(13-6-8-14(26-2)9-7-13)17(24)22(18(25)21-19)12-16(23)20-11-15-5-4-10-27-15/h4-10H,3,11-12H2,1-2H3,(H,20,23)(H,21,25)/t19-/m0/s1. The van der Waals surface area contributed by atoms with Crippen molar-refractivity contribution in [1.82, 2.24) is 15.5 Å². The minimum atomic E-state index is -1.17. The Morgan fingerprint density at radius 1 is 1.26 bits per heavy atom. The molecule has 1 aromatic carbocycles. The molecule has 1 aliphatic heterocycles. The lowest BCUT2D eigenvalue weighted by Gasteiger charge is -2.26.